The van der Waals surface area contributed by atoms with E-state index in [-0.39, 0.29) is 5.97 Å². The maximum Gasteiger partial charge on any atom is 0.360 e. The monoisotopic (exact) mass is 242 g/mol. The van der Waals surface area contributed by atoms with Crippen molar-refractivity contribution in [1.82, 2.24) is 4.98 Å². The van der Waals surface area contributed by atoms with Crippen molar-refractivity contribution in [3.63, 3.8) is 0 Å². The summed E-state index contributed by atoms with van der Waals surface area (Å²) >= 11 is 1.43. The number of hydrogen-bond donors (Lipinski definition) is 1. The number of rotatable bonds is 5. The van der Waals surface area contributed by atoms with Gasteiger partial charge >= 0.3 is 5.97 Å². The van der Waals surface area contributed by atoms with Gasteiger partial charge < -0.3 is 10.1 Å². The summed E-state index contributed by atoms with van der Waals surface area (Å²) in [4.78, 5) is 15.6. The zero-order chi connectivity index (χ0) is 12.1. The molecule has 0 saturated heterocycles. The molecule has 16 heavy (non-hydrogen) atoms. The van der Waals surface area contributed by atoms with Crippen LogP contribution in [0, 0.1) is 5.92 Å². The van der Waals surface area contributed by atoms with Crippen molar-refractivity contribution in [2.24, 2.45) is 5.92 Å². The summed E-state index contributed by atoms with van der Waals surface area (Å²) in [5, 5.41) is 4.08. The molecule has 0 aromatic carbocycles. The lowest BCUT2D eigenvalue weighted by Crippen LogP contribution is -2.22. The van der Waals surface area contributed by atoms with Crippen LogP contribution in [0.4, 0.5) is 5.00 Å². The molecule has 0 aliphatic heterocycles. The van der Waals surface area contributed by atoms with Crippen LogP contribution in [0.3, 0.4) is 0 Å². The first-order valence-corrected chi connectivity index (χ1v) is 6.31. The molecule has 4 nitrogen and oxygen atoms in total. The summed E-state index contributed by atoms with van der Waals surface area (Å²) in [5.41, 5.74) is 2.04. The van der Waals surface area contributed by atoms with Gasteiger partial charge in [-0.2, -0.15) is 0 Å². The Morgan fingerprint density at radius 1 is 1.56 bits per heavy atom. The highest BCUT2D eigenvalue weighted by molar-refractivity contribution is 7.14. The lowest BCUT2D eigenvalue weighted by Gasteiger charge is -2.17. The average molecular weight is 242 g/mol. The van der Waals surface area contributed by atoms with Gasteiger partial charge in [0.2, 0.25) is 0 Å². The van der Waals surface area contributed by atoms with E-state index in [1.807, 2.05) is 0 Å². The van der Waals surface area contributed by atoms with Crippen LogP contribution >= 0.6 is 11.3 Å². The first-order chi connectivity index (χ1) is 7.56. The number of carbonyl (C=O) groups excluding carboxylic acids is 1. The van der Waals surface area contributed by atoms with E-state index in [0.717, 1.165) is 5.00 Å². The van der Waals surface area contributed by atoms with Gasteiger partial charge in [0, 0.05) is 6.04 Å². The second-order valence-electron chi connectivity index (χ2n) is 3.93. The molecular weight excluding hydrogens is 224 g/mol. The zero-order valence-electron chi connectivity index (χ0n) is 10.1. The fourth-order valence-electron chi connectivity index (χ4n) is 1.07. The summed E-state index contributed by atoms with van der Waals surface area (Å²) in [7, 11) is 0. The Hall–Kier alpha value is -1.10. The van der Waals surface area contributed by atoms with Gasteiger partial charge in [0.15, 0.2) is 5.69 Å². The van der Waals surface area contributed by atoms with Crippen molar-refractivity contribution in [3.8, 4) is 0 Å². The lowest BCUT2D eigenvalue weighted by atomic mass is 10.1. The Balaban J connectivity index is 2.74. The second-order valence-corrected chi connectivity index (χ2v) is 4.78. The number of hydrogen-bond acceptors (Lipinski definition) is 5. The summed E-state index contributed by atoms with van der Waals surface area (Å²) in [6.07, 6.45) is 0. The largest absolute Gasteiger partial charge is 0.461 e. The molecule has 0 aliphatic carbocycles. The molecule has 0 fully saturated rings. The van der Waals surface area contributed by atoms with E-state index in [9.17, 15) is 4.79 Å². The molecule has 1 atom stereocenters. The first kappa shape index (κ1) is 13.0. The number of nitrogens with zero attached hydrogens (tertiary/aromatic N) is 1. The fraction of sp³-hybridized carbons (Fsp3) is 0.636. The van der Waals surface area contributed by atoms with Crippen LogP contribution in [0.1, 0.15) is 38.2 Å². The highest BCUT2D eigenvalue weighted by Gasteiger charge is 2.18. The third-order valence-corrected chi connectivity index (χ3v) is 3.15. The van der Waals surface area contributed by atoms with Crippen LogP contribution in [0.25, 0.3) is 0 Å². The minimum Gasteiger partial charge on any atom is -0.461 e. The number of esters is 1. The molecular formula is C11H18N2O2S. The molecule has 1 aromatic rings. The SMILES string of the molecule is CCOC(=O)c1ncsc1NC(C)C(C)C. The maximum absolute atomic E-state index is 11.6. The van der Waals surface area contributed by atoms with Crippen molar-refractivity contribution in [2.75, 3.05) is 11.9 Å². The second kappa shape index (κ2) is 5.84. The molecule has 5 heteroatoms. The number of carbonyl (C=O) groups is 1. The van der Waals surface area contributed by atoms with Gasteiger partial charge in [-0.15, -0.1) is 11.3 Å². The highest BCUT2D eigenvalue weighted by Crippen LogP contribution is 2.23. The minimum atomic E-state index is -0.359. The number of nitrogens with one attached hydrogen (secondary N) is 1. The Bertz CT molecular complexity index is 350. The van der Waals surface area contributed by atoms with Crippen LogP contribution in [-0.2, 0) is 4.74 Å². The molecule has 1 heterocycles. The van der Waals surface area contributed by atoms with Gasteiger partial charge in [0.1, 0.15) is 5.00 Å². The molecule has 1 unspecified atom stereocenters. The summed E-state index contributed by atoms with van der Waals surface area (Å²) in [6.45, 7) is 8.49. The van der Waals surface area contributed by atoms with Crippen molar-refractivity contribution in [3.05, 3.63) is 11.2 Å². The van der Waals surface area contributed by atoms with Crippen molar-refractivity contribution in [1.29, 1.82) is 0 Å². The first-order valence-electron chi connectivity index (χ1n) is 5.43. The van der Waals surface area contributed by atoms with E-state index in [0.29, 0.717) is 24.3 Å². The lowest BCUT2D eigenvalue weighted by molar-refractivity contribution is 0.0521. The molecule has 90 valence electrons. The van der Waals surface area contributed by atoms with E-state index in [4.69, 9.17) is 4.74 Å². The number of ether oxygens (including phenoxy) is 1. The fourth-order valence-corrected chi connectivity index (χ4v) is 1.83. The smallest absolute Gasteiger partial charge is 0.360 e. The number of thiazole rings is 1. The Labute approximate surface area is 100 Å². The van der Waals surface area contributed by atoms with Crippen LogP contribution in [0.5, 0.6) is 0 Å². The molecule has 0 saturated carbocycles. The topological polar surface area (TPSA) is 51.2 Å². The molecule has 0 amide bonds. The van der Waals surface area contributed by atoms with E-state index < -0.39 is 0 Å². The van der Waals surface area contributed by atoms with E-state index in [1.54, 1.807) is 12.4 Å². The maximum atomic E-state index is 11.6. The van der Waals surface area contributed by atoms with Crippen LogP contribution < -0.4 is 5.32 Å². The normalized spacial score (nSPS) is 12.6. The predicted octanol–water partition coefficient (Wildman–Crippen LogP) is 2.78. The van der Waals surface area contributed by atoms with Crippen LogP contribution in [0.2, 0.25) is 0 Å². The summed E-state index contributed by atoms with van der Waals surface area (Å²) < 4.78 is 4.93. The van der Waals surface area contributed by atoms with Gasteiger partial charge in [-0.25, -0.2) is 9.78 Å². The van der Waals surface area contributed by atoms with Gasteiger partial charge in [-0.1, -0.05) is 13.8 Å². The zero-order valence-corrected chi connectivity index (χ0v) is 10.9. The highest BCUT2D eigenvalue weighted by atomic mass is 32.1. The third kappa shape index (κ3) is 3.20. The summed E-state index contributed by atoms with van der Waals surface area (Å²) in [6, 6.07) is 0.300. The molecule has 1 rings (SSSR count). The van der Waals surface area contributed by atoms with Gasteiger partial charge in [0.25, 0.3) is 0 Å². The molecule has 0 aliphatic rings. The molecule has 1 aromatic heterocycles. The Morgan fingerprint density at radius 3 is 2.81 bits per heavy atom. The average Bonchev–Trinajstić information content (AvgIpc) is 2.66. The van der Waals surface area contributed by atoms with Gasteiger partial charge in [0.05, 0.1) is 12.1 Å². The number of aromatic nitrogens is 1. The van der Waals surface area contributed by atoms with Crippen molar-refractivity contribution < 1.29 is 9.53 Å². The van der Waals surface area contributed by atoms with Crippen LogP contribution in [0.15, 0.2) is 5.51 Å². The summed E-state index contributed by atoms with van der Waals surface area (Å²) in [5.74, 6) is 0.138. The Kier molecular flexibility index (Phi) is 4.73. The van der Waals surface area contributed by atoms with Gasteiger partial charge in [-0.3, -0.25) is 0 Å². The van der Waals surface area contributed by atoms with E-state index in [1.165, 1.54) is 11.3 Å². The minimum absolute atomic E-state index is 0.300. The van der Waals surface area contributed by atoms with Crippen molar-refractivity contribution in [2.45, 2.75) is 33.7 Å². The van der Waals surface area contributed by atoms with E-state index in [2.05, 4.69) is 31.1 Å². The standard InChI is InChI=1S/C11H18N2O2S/c1-5-15-11(14)9-10(16-6-12-9)13-8(4)7(2)3/h6-8,13H,5H2,1-4H3. The van der Waals surface area contributed by atoms with E-state index >= 15 is 0 Å². The molecule has 1 N–H and O–H groups in total. The molecule has 0 spiro atoms. The Morgan fingerprint density at radius 2 is 2.25 bits per heavy atom. The molecule has 0 bridgehead atoms. The van der Waals surface area contributed by atoms with Crippen molar-refractivity contribution >= 4 is 22.3 Å². The molecule has 0 radical (unpaired) electrons. The third-order valence-electron chi connectivity index (χ3n) is 2.39. The van der Waals surface area contributed by atoms with Crippen LogP contribution in [-0.4, -0.2) is 23.6 Å². The quantitative estimate of drug-likeness (QED) is 0.807. The predicted molar refractivity (Wildman–Crippen MR) is 66.0 cm³/mol. The van der Waals surface area contributed by atoms with Gasteiger partial charge in [-0.05, 0) is 19.8 Å². The number of anilines is 1.